The fraction of sp³-hybridized carbons (Fsp3) is 0.562. The van der Waals surface area contributed by atoms with E-state index in [0.717, 1.165) is 6.07 Å². The zero-order chi connectivity index (χ0) is 16.7. The number of piperidine rings is 1. The summed E-state index contributed by atoms with van der Waals surface area (Å²) in [4.78, 5) is 13.8. The predicted octanol–water partition coefficient (Wildman–Crippen LogP) is 2.79. The minimum atomic E-state index is -1.51. The van der Waals surface area contributed by atoms with E-state index in [2.05, 4.69) is 4.90 Å². The number of nitrogens with zero attached hydrogens (tertiary/aromatic N) is 1. The highest BCUT2D eigenvalue weighted by Crippen LogP contribution is 2.37. The van der Waals surface area contributed by atoms with Gasteiger partial charge in [0.05, 0.1) is 0 Å². The Balaban J connectivity index is 2.42. The van der Waals surface area contributed by atoms with Gasteiger partial charge in [-0.2, -0.15) is 0 Å². The van der Waals surface area contributed by atoms with Gasteiger partial charge in [0.15, 0.2) is 17.5 Å². The van der Waals surface area contributed by atoms with Crippen molar-refractivity contribution in [2.24, 2.45) is 11.7 Å². The van der Waals surface area contributed by atoms with Crippen LogP contribution in [0.2, 0.25) is 0 Å². The number of carbonyl (C=O) groups is 1. The summed E-state index contributed by atoms with van der Waals surface area (Å²) >= 11 is 0. The summed E-state index contributed by atoms with van der Waals surface area (Å²) in [5, 5.41) is 0. The van der Waals surface area contributed by atoms with Crippen molar-refractivity contribution in [3.63, 3.8) is 0 Å². The van der Waals surface area contributed by atoms with Crippen LogP contribution in [0, 0.1) is 23.4 Å². The number of nitrogens with two attached hydrogens (primary N) is 1. The van der Waals surface area contributed by atoms with E-state index in [1.54, 1.807) is 0 Å². The summed E-state index contributed by atoms with van der Waals surface area (Å²) in [5.41, 5.74) is 5.26. The molecule has 1 amide bonds. The van der Waals surface area contributed by atoms with Crippen LogP contribution in [0.15, 0.2) is 12.1 Å². The molecule has 6 heteroatoms. The Labute approximate surface area is 128 Å². The molecule has 0 spiro atoms. The largest absolute Gasteiger partial charge is 0.369 e. The number of primary amides is 1. The number of hydrogen-bond donors (Lipinski definition) is 1. The summed E-state index contributed by atoms with van der Waals surface area (Å²) in [6.45, 7) is 7.06. The zero-order valence-corrected chi connectivity index (χ0v) is 13.0. The Morgan fingerprint density at radius 3 is 2.41 bits per heavy atom. The van der Waals surface area contributed by atoms with Crippen molar-refractivity contribution >= 4 is 5.91 Å². The first-order valence-corrected chi connectivity index (χ1v) is 7.30. The molecule has 0 bridgehead atoms. The van der Waals surface area contributed by atoms with E-state index in [0.29, 0.717) is 19.5 Å². The third kappa shape index (κ3) is 3.11. The van der Waals surface area contributed by atoms with Crippen molar-refractivity contribution in [3.8, 4) is 0 Å². The molecular formula is C16H21F3N2O. The number of benzene rings is 1. The molecule has 0 unspecified atom stereocenters. The maximum atomic E-state index is 14.1. The Morgan fingerprint density at radius 2 is 1.86 bits per heavy atom. The highest BCUT2D eigenvalue weighted by atomic mass is 19.2. The Kier molecular flexibility index (Phi) is 4.52. The van der Waals surface area contributed by atoms with Crippen molar-refractivity contribution < 1.29 is 18.0 Å². The zero-order valence-electron chi connectivity index (χ0n) is 13.0. The van der Waals surface area contributed by atoms with Crippen LogP contribution in [0.3, 0.4) is 0 Å². The van der Waals surface area contributed by atoms with Gasteiger partial charge in [-0.15, -0.1) is 0 Å². The van der Waals surface area contributed by atoms with E-state index >= 15 is 0 Å². The number of carbonyl (C=O) groups excluding carboxylic acids is 1. The van der Waals surface area contributed by atoms with E-state index in [-0.39, 0.29) is 11.1 Å². The third-order valence-electron chi connectivity index (χ3n) is 4.39. The van der Waals surface area contributed by atoms with Gasteiger partial charge in [0, 0.05) is 23.9 Å². The summed E-state index contributed by atoms with van der Waals surface area (Å²) in [5.74, 6) is -5.68. The summed E-state index contributed by atoms with van der Waals surface area (Å²) in [7, 11) is 0. The summed E-state index contributed by atoms with van der Waals surface area (Å²) in [6, 6.07) is 2.10. The molecule has 1 aliphatic heterocycles. The van der Waals surface area contributed by atoms with E-state index in [9.17, 15) is 18.0 Å². The fourth-order valence-corrected chi connectivity index (χ4v) is 3.04. The lowest BCUT2D eigenvalue weighted by Crippen LogP contribution is -2.51. The molecule has 1 fully saturated rings. The molecule has 1 saturated heterocycles. The molecule has 122 valence electrons. The van der Waals surface area contributed by atoms with Crippen molar-refractivity contribution in [2.75, 3.05) is 13.1 Å². The van der Waals surface area contributed by atoms with Crippen molar-refractivity contribution in [1.29, 1.82) is 0 Å². The normalized spacial score (nSPS) is 23.5. The molecule has 1 aromatic rings. The van der Waals surface area contributed by atoms with E-state index in [1.807, 2.05) is 20.8 Å². The Morgan fingerprint density at radius 1 is 1.23 bits per heavy atom. The first-order valence-electron chi connectivity index (χ1n) is 7.30. The lowest BCUT2D eigenvalue weighted by Gasteiger charge is -2.44. The van der Waals surface area contributed by atoms with Crippen LogP contribution in [0.4, 0.5) is 13.2 Å². The second-order valence-corrected chi connectivity index (χ2v) is 6.79. The lowest BCUT2D eigenvalue weighted by atomic mass is 9.78. The number of likely N-dealkylation sites (tertiary alicyclic amines) is 1. The topological polar surface area (TPSA) is 46.3 Å². The molecule has 1 aliphatic rings. The van der Waals surface area contributed by atoms with Crippen molar-refractivity contribution in [2.45, 2.75) is 38.6 Å². The van der Waals surface area contributed by atoms with Gasteiger partial charge in [0.2, 0.25) is 5.91 Å². The molecule has 1 heterocycles. The number of halogens is 3. The average molecular weight is 314 g/mol. The van der Waals surface area contributed by atoms with Crippen LogP contribution in [0.5, 0.6) is 0 Å². The van der Waals surface area contributed by atoms with Crippen LogP contribution in [-0.2, 0) is 4.79 Å². The van der Waals surface area contributed by atoms with Gasteiger partial charge in [0.25, 0.3) is 0 Å². The second-order valence-electron chi connectivity index (χ2n) is 6.79. The maximum Gasteiger partial charge on any atom is 0.221 e. The maximum absolute atomic E-state index is 14.1. The Bertz CT molecular complexity index is 583. The molecule has 2 atom stereocenters. The standard InChI is InChI=1S/C16H21F3N2O/c1-16(2,3)21-7-6-10(15(20)22)11(8-21)9-4-5-12(17)14(19)13(9)18/h4-5,10-11H,6-8H2,1-3H3,(H2,20,22)/t10-,11+/m1/s1. The van der Waals surface area contributed by atoms with E-state index < -0.39 is 35.2 Å². The van der Waals surface area contributed by atoms with Crippen LogP contribution in [0.1, 0.15) is 38.7 Å². The van der Waals surface area contributed by atoms with Gasteiger partial charge in [-0.1, -0.05) is 6.07 Å². The van der Waals surface area contributed by atoms with Crippen molar-refractivity contribution in [3.05, 3.63) is 35.1 Å². The number of rotatable bonds is 2. The third-order valence-corrected chi connectivity index (χ3v) is 4.39. The lowest BCUT2D eigenvalue weighted by molar-refractivity contribution is -0.124. The van der Waals surface area contributed by atoms with Crippen LogP contribution >= 0.6 is 0 Å². The number of hydrogen-bond acceptors (Lipinski definition) is 2. The van der Waals surface area contributed by atoms with Gasteiger partial charge in [-0.25, -0.2) is 13.2 Å². The van der Waals surface area contributed by atoms with Gasteiger partial charge in [-0.05, 0) is 45.4 Å². The van der Waals surface area contributed by atoms with E-state index in [4.69, 9.17) is 5.73 Å². The van der Waals surface area contributed by atoms with Gasteiger partial charge in [0.1, 0.15) is 0 Å². The fourth-order valence-electron chi connectivity index (χ4n) is 3.04. The quantitative estimate of drug-likeness (QED) is 0.853. The molecule has 0 aromatic heterocycles. The highest BCUT2D eigenvalue weighted by molar-refractivity contribution is 5.78. The van der Waals surface area contributed by atoms with Gasteiger partial charge < -0.3 is 5.73 Å². The summed E-state index contributed by atoms with van der Waals surface area (Å²) < 4.78 is 40.8. The summed E-state index contributed by atoms with van der Waals surface area (Å²) in [6.07, 6.45) is 0.468. The molecule has 0 radical (unpaired) electrons. The molecule has 3 nitrogen and oxygen atoms in total. The minimum absolute atomic E-state index is 0.0108. The molecule has 22 heavy (non-hydrogen) atoms. The first-order chi connectivity index (χ1) is 10.1. The highest BCUT2D eigenvalue weighted by Gasteiger charge is 2.39. The monoisotopic (exact) mass is 314 g/mol. The average Bonchev–Trinajstić information content (AvgIpc) is 2.43. The SMILES string of the molecule is CC(C)(C)N1CC[C@@H](C(N)=O)[C@H](c2ccc(F)c(F)c2F)C1. The molecule has 2 N–H and O–H groups in total. The first kappa shape index (κ1) is 16.8. The Hall–Kier alpha value is -1.56. The minimum Gasteiger partial charge on any atom is -0.369 e. The molecular weight excluding hydrogens is 293 g/mol. The van der Waals surface area contributed by atoms with Crippen molar-refractivity contribution in [1.82, 2.24) is 4.90 Å². The van der Waals surface area contributed by atoms with E-state index in [1.165, 1.54) is 6.07 Å². The van der Waals surface area contributed by atoms with Gasteiger partial charge >= 0.3 is 0 Å². The molecule has 0 saturated carbocycles. The second kappa shape index (κ2) is 5.91. The van der Waals surface area contributed by atoms with Crippen LogP contribution in [0.25, 0.3) is 0 Å². The smallest absolute Gasteiger partial charge is 0.221 e. The predicted molar refractivity (Wildman–Crippen MR) is 77.7 cm³/mol. The number of amides is 1. The van der Waals surface area contributed by atoms with Crippen LogP contribution in [-0.4, -0.2) is 29.4 Å². The molecule has 1 aromatic carbocycles. The molecule has 2 rings (SSSR count). The molecule has 0 aliphatic carbocycles. The van der Waals surface area contributed by atoms with Crippen LogP contribution < -0.4 is 5.73 Å². The van der Waals surface area contributed by atoms with Gasteiger partial charge in [-0.3, -0.25) is 9.69 Å².